The molecule has 0 bridgehead atoms. The van der Waals surface area contributed by atoms with E-state index in [1.165, 1.54) is 0 Å². The molecule has 0 amide bonds. The van der Waals surface area contributed by atoms with Crippen LogP contribution in [0.4, 0.5) is 0 Å². The first kappa shape index (κ1) is 11.0. The summed E-state index contributed by atoms with van der Waals surface area (Å²) < 4.78 is 1.67. The van der Waals surface area contributed by atoms with Crippen molar-refractivity contribution >= 4 is 0 Å². The van der Waals surface area contributed by atoms with E-state index in [9.17, 15) is 9.90 Å². The molecule has 0 spiro atoms. The van der Waals surface area contributed by atoms with Gasteiger partial charge in [0.15, 0.2) is 0 Å². The molecule has 2 aliphatic rings. The predicted octanol–water partition coefficient (Wildman–Crippen LogP) is 1.04. The summed E-state index contributed by atoms with van der Waals surface area (Å²) >= 11 is 0. The largest absolute Gasteiger partial charge is 0.390 e. The molecular weight excluding hydrogens is 216 g/mol. The minimum atomic E-state index is -0.515. The molecule has 3 rings (SSSR count). The smallest absolute Gasteiger partial charge is 0.256 e. The molecule has 0 saturated heterocycles. The molecule has 1 fully saturated rings. The van der Waals surface area contributed by atoms with Crippen molar-refractivity contribution in [2.75, 3.05) is 0 Å². The van der Waals surface area contributed by atoms with Crippen LogP contribution in [0.5, 0.6) is 0 Å². The molecule has 1 heterocycles. The number of fused-ring (bicyclic) bond motifs is 1. The molecule has 0 unspecified atom stereocenters. The number of nitrogens with zero attached hydrogens (tertiary/aromatic N) is 2. The SMILES string of the molecule is O=c1c2c(ncn1CCC1(O)CCC1)CCC2. The molecule has 4 nitrogen and oxygen atoms in total. The van der Waals surface area contributed by atoms with Gasteiger partial charge in [-0.15, -0.1) is 0 Å². The standard InChI is InChI=1S/C13H18N2O2/c16-12-10-3-1-4-11(10)14-9-15(12)8-7-13(17)5-2-6-13/h9,17H,1-8H2. The summed E-state index contributed by atoms with van der Waals surface area (Å²) in [4.78, 5) is 16.5. The maximum atomic E-state index is 12.1. The van der Waals surface area contributed by atoms with Crippen LogP contribution in [0.2, 0.25) is 0 Å². The molecule has 0 radical (unpaired) electrons. The first-order valence-corrected chi connectivity index (χ1v) is 6.48. The van der Waals surface area contributed by atoms with Gasteiger partial charge in [0.25, 0.3) is 5.56 Å². The Kier molecular flexibility index (Phi) is 2.54. The summed E-state index contributed by atoms with van der Waals surface area (Å²) in [5.74, 6) is 0. The van der Waals surface area contributed by atoms with Gasteiger partial charge in [-0.05, 0) is 44.9 Å². The van der Waals surface area contributed by atoms with Gasteiger partial charge in [0.2, 0.25) is 0 Å². The molecule has 92 valence electrons. The molecule has 1 aromatic rings. The molecule has 0 atom stereocenters. The van der Waals surface area contributed by atoms with E-state index in [-0.39, 0.29) is 5.56 Å². The van der Waals surface area contributed by atoms with Gasteiger partial charge in [0.1, 0.15) is 0 Å². The van der Waals surface area contributed by atoms with Gasteiger partial charge in [0, 0.05) is 12.1 Å². The van der Waals surface area contributed by atoms with Crippen molar-refractivity contribution in [3.63, 3.8) is 0 Å². The highest BCUT2D eigenvalue weighted by Crippen LogP contribution is 2.34. The summed E-state index contributed by atoms with van der Waals surface area (Å²) in [6.45, 7) is 0.593. The number of rotatable bonds is 3. The fourth-order valence-corrected chi connectivity index (χ4v) is 2.79. The zero-order chi connectivity index (χ0) is 11.9. The summed E-state index contributed by atoms with van der Waals surface area (Å²) in [5, 5.41) is 10.0. The van der Waals surface area contributed by atoms with E-state index in [4.69, 9.17) is 0 Å². The van der Waals surface area contributed by atoms with Gasteiger partial charge < -0.3 is 5.11 Å². The molecule has 1 N–H and O–H groups in total. The number of hydrogen-bond acceptors (Lipinski definition) is 3. The molecule has 1 aromatic heterocycles. The molecule has 0 aliphatic heterocycles. The number of aliphatic hydroxyl groups is 1. The third-order valence-electron chi connectivity index (χ3n) is 4.16. The van der Waals surface area contributed by atoms with E-state index >= 15 is 0 Å². The maximum Gasteiger partial charge on any atom is 0.256 e. The lowest BCUT2D eigenvalue weighted by Crippen LogP contribution is -2.39. The van der Waals surface area contributed by atoms with Crippen LogP contribution in [0.15, 0.2) is 11.1 Å². The van der Waals surface area contributed by atoms with Crippen LogP contribution < -0.4 is 5.56 Å². The van der Waals surface area contributed by atoms with Crippen molar-refractivity contribution in [2.24, 2.45) is 0 Å². The second kappa shape index (κ2) is 3.95. The zero-order valence-electron chi connectivity index (χ0n) is 9.98. The van der Waals surface area contributed by atoms with Crippen molar-refractivity contribution in [1.29, 1.82) is 0 Å². The normalized spacial score (nSPS) is 21.0. The highest BCUT2D eigenvalue weighted by Gasteiger charge is 2.33. The average Bonchev–Trinajstić information content (AvgIpc) is 2.75. The third-order valence-corrected chi connectivity index (χ3v) is 4.16. The average molecular weight is 234 g/mol. The Morgan fingerprint density at radius 3 is 2.88 bits per heavy atom. The van der Waals surface area contributed by atoms with Crippen LogP contribution in [0, 0.1) is 0 Å². The van der Waals surface area contributed by atoms with Crippen molar-refractivity contribution < 1.29 is 5.11 Å². The van der Waals surface area contributed by atoms with Crippen LogP contribution in [0.3, 0.4) is 0 Å². The van der Waals surface area contributed by atoms with Gasteiger partial charge in [-0.3, -0.25) is 9.36 Å². The molecule has 4 heteroatoms. The fourth-order valence-electron chi connectivity index (χ4n) is 2.79. The lowest BCUT2D eigenvalue weighted by Gasteiger charge is -2.36. The highest BCUT2D eigenvalue weighted by molar-refractivity contribution is 5.21. The Morgan fingerprint density at radius 1 is 1.35 bits per heavy atom. The van der Waals surface area contributed by atoms with E-state index in [0.717, 1.165) is 49.8 Å². The summed E-state index contributed by atoms with van der Waals surface area (Å²) in [5.41, 5.74) is 1.47. The third kappa shape index (κ3) is 1.90. The summed E-state index contributed by atoms with van der Waals surface area (Å²) in [6.07, 6.45) is 8.03. The predicted molar refractivity (Wildman–Crippen MR) is 63.9 cm³/mol. The Bertz CT molecular complexity index is 489. The van der Waals surface area contributed by atoms with E-state index in [1.807, 2.05) is 0 Å². The van der Waals surface area contributed by atoms with E-state index in [1.54, 1.807) is 10.9 Å². The van der Waals surface area contributed by atoms with E-state index in [2.05, 4.69) is 4.98 Å². The van der Waals surface area contributed by atoms with Crippen LogP contribution >= 0.6 is 0 Å². The topological polar surface area (TPSA) is 55.1 Å². The van der Waals surface area contributed by atoms with Crippen molar-refractivity contribution in [3.05, 3.63) is 27.9 Å². The lowest BCUT2D eigenvalue weighted by atomic mass is 9.78. The van der Waals surface area contributed by atoms with Crippen LogP contribution in [-0.4, -0.2) is 20.3 Å². The Labute approximate surface area is 100 Å². The number of hydrogen-bond donors (Lipinski definition) is 1. The van der Waals surface area contributed by atoms with Gasteiger partial charge >= 0.3 is 0 Å². The number of aromatic nitrogens is 2. The molecule has 2 aliphatic carbocycles. The van der Waals surface area contributed by atoms with Crippen molar-refractivity contribution in [3.8, 4) is 0 Å². The second-order valence-electron chi connectivity index (χ2n) is 5.35. The Hall–Kier alpha value is -1.16. The minimum Gasteiger partial charge on any atom is -0.390 e. The highest BCUT2D eigenvalue weighted by atomic mass is 16.3. The minimum absolute atomic E-state index is 0.107. The van der Waals surface area contributed by atoms with Crippen molar-refractivity contribution in [2.45, 2.75) is 57.1 Å². The van der Waals surface area contributed by atoms with E-state index in [0.29, 0.717) is 13.0 Å². The first-order valence-electron chi connectivity index (χ1n) is 6.48. The Balaban J connectivity index is 1.77. The Morgan fingerprint density at radius 2 is 2.18 bits per heavy atom. The zero-order valence-corrected chi connectivity index (χ0v) is 9.98. The quantitative estimate of drug-likeness (QED) is 0.850. The van der Waals surface area contributed by atoms with Gasteiger partial charge in [0.05, 0.1) is 17.6 Å². The monoisotopic (exact) mass is 234 g/mol. The van der Waals surface area contributed by atoms with Crippen LogP contribution in [-0.2, 0) is 19.4 Å². The summed E-state index contributed by atoms with van der Waals surface area (Å²) in [7, 11) is 0. The summed E-state index contributed by atoms with van der Waals surface area (Å²) in [6, 6.07) is 0. The van der Waals surface area contributed by atoms with Gasteiger partial charge in [-0.2, -0.15) is 0 Å². The van der Waals surface area contributed by atoms with Crippen molar-refractivity contribution in [1.82, 2.24) is 9.55 Å². The molecule has 1 saturated carbocycles. The van der Waals surface area contributed by atoms with Gasteiger partial charge in [-0.25, -0.2) is 4.98 Å². The van der Waals surface area contributed by atoms with E-state index < -0.39 is 5.60 Å². The first-order chi connectivity index (χ1) is 8.18. The van der Waals surface area contributed by atoms with Gasteiger partial charge in [-0.1, -0.05) is 0 Å². The fraction of sp³-hybridized carbons (Fsp3) is 0.692. The second-order valence-corrected chi connectivity index (χ2v) is 5.35. The molecular formula is C13H18N2O2. The van der Waals surface area contributed by atoms with Crippen LogP contribution in [0.25, 0.3) is 0 Å². The molecule has 0 aromatic carbocycles. The maximum absolute atomic E-state index is 12.1. The number of aryl methyl sites for hydroxylation is 2. The van der Waals surface area contributed by atoms with Crippen LogP contribution in [0.1, 0.15) is 43.4 Å². The lowest BCUT2D eigenvalue weighted by molar-refractivity contribution is -0.0434. The molecule has 17 heavy (non-hydrogen) atoms.